The van der Waals surface area contributed by atoms with Crippen LogP contribution >= 0.6 is 0 Å². The predicted molar refractivity (Wildman–Crippen MR) is 70.9 cm³/mol. The molecule has 1 saturated carbocycles. The van der Waals surface area contributed by atoms with Crippen LogP contribution in [0.1, 0.15) is 39.5 Å². The Labute approximate surface area is 110 Å². The molecule has 0 saturated heterocycles. The molecule has 108 valence electrons. The molecule has 0 aromatic heterocycles. The molecule has 0 amide bonds. The lowest BCUT2D eigenvalue weighted by Crippen LogP contribution is -2.47. The van der Waals surface area contributed by atoms with E-state index in [9.17, 15) is 13.5 Å². The van der Waals surface area contributed by atoms with Crippen molar-refractivity contribution in [1.82, 2.24) is 4.31 Å². The molecule has 6 heteroatoms. The minimum atomic E-state index is -3.34. The van der Waals surface area contributed by atoms with Gasteiger partial charge in [0.2, 0.25) is 10.0 Å². The summed E-state index contributed by atoms with van der Waals surface area (Å²) in [7, 11) is -1.78. The van der Waals surface area contributed by atoms with Gasteiger partial charge in [0.1, 0.15) is 0 Å². The van der Waals surface area contributed by atoms with Gasteiger partial charge in [-0.1, -0.05) is 12.8 Å². The fraction of sp³-hybridized carbons (Fsp3) is 1.00. The van der Waals surface area contributed by atoms with Gasteiger partial charge in [0, 0.05) is 7.05 Å². The molecular weight excluding hydrogens is 254 g/mol. The summed E-state index contributed by atoms with van der Waals surface area (Å²) in [5.74, 6) is -0.0229. The summed E-state index contributed by atoms with van der Waals surface area (Å²) in [6.45, 7) is 3.95. The molecular formula is C12H25NO4S. The third-order valence-corrected chi connectivity index (χ3v) is 5.22. The highest BCUT2D eigenvalue weighted by molar-refractivity contribution is 7.89. The van der Waals surface area contributed by atoms with Crippen LogP contribution in [0.25, 0.3) is 0 Å². The molecule has 0 bridgehead atoms. The molecule has 0 aliphatic heterocycles. The maximum absolute atomic E-state index is 12.1. The first-order valence-corrected chi connectivity index (χ1v) is 8.21. The molecule has 0 spiro atoms. The van der Waals surface area contributed by atoms with Gasteiger partial charge in [-0.15, -0.1) is 0 Å². The number of ether oxygens (including phenoxy) is 1. The van der Waals surface area contributed by atoms with E-state index in [4.69, 9.17) is 4.74 Å². The van der Waals surface area contributed by atoms with E-state index in [-0.39, 0.29) is 24.5 Å². The van der Waals surface area contributed by atoms with Crippen molar-refractivity contribution in [2.24, 2.45) is 0 Å². The quantitative estimate of drug-likeness (QED) is 0.787. The Morgan fingerprint density at radius 3 is 2.50 bits per heavy atom. The molecule has 2 atom stereocenters. The van der Waals surface area contributed by atoms with Crippen LogP contribution in [0.2, 0.25) is 0 Å². The van der Waals surface area contributed by atoms with Gasteiger partial charge in [-0.2, -0.15) is 4.31 Å². The molecule has 1 rings (SSSR count). The summed E-state index contributed by atoms with van der Waals surface area (Å²) in [6, 6.07) is -0.275. The van der Waals surface area contributed by atoms with E-state index in [0.717, 1.165) is 19.3 Å². The molecule has 2 unspecified atom stereocenters. The zero-order chi connectivity index (χ0) is 13.8. The Hall–Kier alpha value is -0.170. The van der Waals surface area contributed by atoms with Crippen LogP contribution in [0, 0.1) is 0 Å². The number of aliphatic hydroxyl groups excluding tert-OH is 1. The van der Waals surface area contributed by atoms with E-state index in [2.05, 4.69) is 0 Å². The first kappa shape index (κ1) is 15.9. The first-order chi connectivity index (χ1) is 8.34. The van der Waals surface area contributed by atoms with Crippen molar-refractivity contribution in [3.8, 4) is 0 Å². The van der Waals surface area contributed by atoms with Crippen molar-refractivity contribution in [2.75, 3.05) is 19.4 Å². The van der Waals surface area contributed by atoms with Crippen LogP contribution in [-0.2, 0) is 14.8 Å². The van der Waals surface area contributed by atoms with Crippen molar-refractivity contribution >= 4 is 10.0 Å². The Kier molecular flexibility index (Phi) is 6.04. The number of sulfonamides is 1. The summed E-state index contributed by atoms with van der Waals surface area (Å²) >= 11 is 0. The van der Waals surface area contributed by atoms with Gasteiger partial charge in [0.25, 0.3) is 0 Å². The van der Waals surface area contributed by atoms with Gasteiger partial charge in [0.05, 0.1) is 30.6 Å². The fourth-order valence-electron chi connectivity index (χ4n) is 2.26. The van der Waals surface area contributed by atoms with Gasteiger partial charge in [-0.05, 0) is 26.7 Å². The number of hydrogen-bond donors (Lipinski definition) is 1. The minimum absolute atomic E-state index is 0.0229. The Morgan fingerprint density at radius 1 is 1.33 bits per heavy atom. The average Bonchev–Trinajstić information content (AvgIpc) is 2.28. The summed E-state index contributed by atoms with van der Waals surface area (Å²) < 4.78 is 30.8. The van der Waals surface area contributed by atoms with E-state index in [0.29, 0.717) is 6.42 Å². The van der Waals surface area contributed by atoms with Crippen LogP contribution in [0.5, 0.6) is 0 Å². The van der Waals surface area contributed by atoms with Gasteiger partial charge in [-0.3, -0.25) is 0 Å². The van der Waals surface area contributed by atoms with Gasteiger partial charge < -0.3 is 9.84 Å². The number of nitrogens with zero attached hydrogens (tertiary/aromatic N) is 1. The lowest BCUT2D eigenvalue weighted by atomic mass is 9.93. The van der Waals surface area contributed by atoms with Crippen molar-refractivity contribution < 1.29 is 18.3 Å². The molecule has 1 aliphatic rings. The van der Waals surface area contributed by atoms with E-state index >= 15 is 0 Å². The van der Waals surface area contributed by atoms with E-state index < -0.39 is 16.1 Å². The zero-order valence-corrected chi connectivity index (χ0v) is 12.3. The monoisotopic (exact) mass is 279 g/mol. The van der Waals surface area contributed by atoms with E-state index in [1.807, 2.05) is 13.8 Å². The second kappa shape index (κ2) is 6.84. The molecule has 1 aliphatic carbocycles. The summed E-state index contributed by atoms with van der Waals surface area (Å²) in [5.41, 5.74) is 0. The highest BCUT2D eigenvalue weighted by atomic mass is 32.2. The Bertz CT molecular complexity index is 342. The molecule has 0 radical (unpaired) electrons. The van der Waals surface area contributed by atoms with Crippen molar-refractivity contribution in [3.63, 3.8) is 0 Å². The maximum atomic E-state index is 12.1. The molecule has 5 nitrogen and oxygen atoms in total. The van der Waals surface area contributed by atoms with Crippen LogP contribution < -0.4 is 0 Å². The molecule has 18 heavy (non-hydrogen) atoms. The number of likely N-dealkylation sites (N-methyl/N-ethyl adjacent to an activating group) is 1. The highest BCUT2D eigenvalue weighted by Gasteiger charge is 2.32. The van der Waals surface area contributed by atoms with E-state index in [1.54, 1.807) is 7.05 Å². The highest BCUT2D eigenvalue weighted by Crippen LogP contribution is 2.24. The summed E-state index contributed by atoms with van der Waals surface area (Å²) in [4.78, 5) is 0. The standard InChI is InChI=1S/C12H25NO4S/c1-10(2)17-8-9-18(15,16)13(3)11-6-4-5-7-12(11)14/h10-12,14H,4-9H2,1-3H3. The number of hydrogen-bond acceptors (Lipinski definition) is 4. The summed E-state index contributed by atoms with van der Waals surface area (Å²) in [6.07, 6.45) is 2.87. The van der Waals surface area contributed by atoms with Gasteiger partial charge in [-0.25, -0.2) is 8.42 Å². The van der Waals surface area contributed by atoms with Gasteiger partial charge in [0.15, 0.2) is 0 Å². The van der Waals surface area contributed by atoms with Crippen LogP contribution in [-0.4, -0.2) is 55.5 Å². The average molecular weight is 279 g/mol. The van der Waals surface area contributed by atoms with Crippen molar-refractivity contribution in [2.45, 2.75) is 57.8 Å². The second-order valence-electron chi connectivity index (χ2n) is 5.17. The lowest BCUT2D eigenvalue weighted by Gasteiger charge is -2.34. The minimum Gasteiger partial charge on any atom is -0.391 e. The Morgan fingerprint density at radius 2 is 1.94 bits per heavy atom. The normalized spacial score (nSPS) is 25.9. The third kappa shape index (κ3) is 4.50. The SMILES string of the molecule is CC(C)OCCS(=O)(=O)N(C)C1CCCCC1O. The predicted octanol–water partition coefficient (Wildman–Crippen LogP) is 0.976. The zero-order valence-electron chi connectivity index (χ0n) is 11.5. The maximum Gasteiger partial charge on any atom is 0.216 e. The fourth-order valence-corrected chi connectivity index (χ4v) is 3.51. The van der Waals surface area contributed by atoms with Crippen molar-refractivity contribution in [3.05, 3.63) is 0 Å². The molecule has 0 heterocycles. The van der Waals surface area contributed by atoms with Crippen LogP contribution in [0.15, 0.2) is 0 Å². The number of aliphatic hydroxyl groups is 1. The summed E-state index contributed by atoms with van der Waals surface area (Å²) in [5, 5.41) is 9.88. The topological polar surface area (TPSA) is 66.8 Å². The first-order valence-electron chi connectivity index (χ1n) is 6.60. The van der Waals surface area contributed by atoms with E-state index in [1.165, 1.54) is 4.31 Å². The Balaban J connectivity index is 2.54. The second-order valence-corrected chi connectivity index (χ2v) is 7.32. The smallest absolute Gasteiger partial charge is 0.216 e. The third-order valence-electron chi connectivity index (χ3n) is 3.39. The van der Waals surface area contributed by atoms with Crippen molar-refractivity contribution in [1.29, 1.82) is 0 Å². The van der Waals surface area contributed by atoms with Crippen LogP contribution in [0.3, 0.4) is 0 Å². The number of rotatable bonds is 6. The van der Waals surface area contributed by atoms with Gasteiger partial charge >= 0.3 is 0 Å². The molecule has 0 aromatic carbocycles. The van der Waals surface area contributed by atoms with Crippen LogP contribution in [0.4, 0.5) is 0 Å². The lowest BCUT2D eigenvalue weighted by molar-refractivity contribution is 0.0622. The largest absolute Gasteiger partial charge is 0.391 e. The molecule has 1 N–H and O–H groups in total. The molecule has 1 fully saturated rings. The molecule has 0 aromatic rings.